The van der Waals surface area contributed by atoms with E-state index in [-0.39, 0.29) is 11.1 Å². The molecular formula is C18H13ClN2O3S. The van der Waals surface area contributed by atoms with E-state index in [9.17, 15) is 9.59 Å². The predicted octanol–water partition coefficient (Wildman–Crippen LogP) is 3.88. The number of carboxylic acids is 1. The van der Waals surface area contributed by atoms with Crippen LogP contribution >= 0.6 is 23.4 Å². The number of thioether (sulfide) groups is 1. The minimum Gasteiger partial charge on any atom is -0.478 e. The van der Waals surface area contributed by atoms with Gasteiger partial charge in [-0.25, -0.2) is 4.79 Å². The van der Waals surface area contributed by atoms with Gasteiger partial charge in [0.2, 0.25) is 0 Å². The highest BCUT2D eigenvalue weighted by Crippen LogP contribution is 2.21. The fourth-order valence-corrected chi connectivity index (χ4v) is 3.08. The Bertz CT molecular complexity index is 953. The lowest BCUT2D eigenvalue weighted by Gasteiger charge is -2.07. The van der Waals surface area contributed by atoms with Crippen LogP contribution in [0, 0.1) is 0 Å². The molecule has 0 radical (unpaired) electrons. The second-order valence-corrected chi connectivity index (χ2v) is 6.62. The lowest BCUT2D eigenvalue weighted by molar-refractivity contribution is 0.0697. The Morgan fingerprint density at radius 3 is 2.36 bits per heavy atom. The van der Waals surface area contributed by atoms with Crippen LogP contribution in [0.25, 0.3) is 5.69 Å². The maximum Gasteiger partial charge on any atom is 0.335 e. The van der Waals surface area contributed by atoms with Crippen molar-refractivity contribution in [1.29, 1.82) is 0 Å². The van der Waals surface area contributed by atoms with Gasteiger partial charge in [0.15, 0.2) is 0 Å². The molecule has 0 aliphatic rings. The number of aromatic carboxylic acids is 1. The summed E-state index contributed by atoms with van der Waals surface area (Å²) in [5.74, 6) is -0.320. The van der Waals surface area contributed by atoms with Gasteiger partial charge in [-0.2, -0.15) is 9.78 Å². The summed E-state index contributed by atoms with van der Waals surface area (Å²) in [5.41, 5.74) is 1.49. The van der Waals surface area contributed by atoms with E-state index in [4.69, 9.17) is 16.7 Å². The van der Waals surface area contributed by atoms with E-state index in [1.807, 2.05) is 24.3 Å². The molecular weight excluding hydrogens is 360 g/mol. The molecule has 0 amide bonds. The standard InChI is InChI=1S/C18H13ClN2O3S/c19-14-5-1-12(2-6-14)11-25-16-9-10-17(22)21(20-16)15-7-3-13(4-8-15)18(23)24/h1-10H,11H2,(H,23,24). The van der Waals surface area contributed by atoms with E-state index < -0.39 is 5.97 Å². The summed E-state index contributed by atoms with van der Waals surface area (Å²) >= 11 is 7.37. The Morgan fingerprint density at radius 2 is 1.72 bits per heavy atom. The van der Waals surface area contributed by atoms with Crippen LogP contribution in [0.5, 0.6) is 0 Å². The van der Waals surface area contributed by atoms with Crippen molar-refractivity contribution in [2.24, 2.45) is 0 Å². The van der Waals surface area contributed by atoms with Gasteiger partial charge in [-0.15, -0.1) is 0 Å². The van der Waals surface area contributed by atoms with Crippen molar-refractivity contribution in [3.63, 3.8) is 0 Å². The van der Waals surface area contributed by atoms with Crippen molar-refractivity contribution in [1.82, 2.24) is 9.78 Å². The van der Waals surface area contributed by atoms with Gasteiger partial charge in [-0.3, -0.25) is 4.79 Å². The zero-order valence-electron chi connectivity index (χ0n) is 12.9. The molecule has 126 valence electrons. The quantitative estimate of drug-likeness (QED) is 0.688. The highest BCUT2D eigenvalue weighted by molar-refractivity contribution is 7.98. The van der Waals surface area contributed by atoms with Crippen LogP contribution in [-0.4, -0.2) is 20.9 Å². The van der Waals surface area contributed by atoms with Crippen LogP contribution in [0.1, 0.15) is 15.9 Å². The van der Waals surface area contributed by atoms with E-state index in [2.05, 4.69) is 5.10 Å². The molecule has 0 aliphatic heterocycles. The Balaban J connectivity index is 1.81. The van der Waals surface area contributed by atoms with Crippen LogP contribution in [-0.2, 0) is 5.75 Å². The molecule has 0 saturated carbocycles. The van der Waals surface area contributed by atoms with Crippen LogP contribution in [0.2, 0.25) is 5.02 Å². The van der Waals surface area contributed by atoms with Crippen LogP contribution in [0.15, 0.2) is 70.5 Å². The van der Waals surface area contributed by atoms with Crippen LogP contribution in [0.4, 0.5) is 0 Å². The third-order valence-corrected chi connectivity index (χ3v) is 4.68. The highest BCUT2D eigenvalue weighted by Gasteiger charge is 2.07. The van der Waals surface area contributed by atoms with Gasteiger partial charge in [-0.1, -0.05) is 35.5 Å². The number of rotatable bonds is 5. The smallest absolute Gasteiger partial charge is 0.335 e. The van der Waals surface area contributed by atoms with Crippen molar-refractivity contribution < 1.29 is 9.90 Å². The van der Waals surface area contributed by atoms with Crippen LogP contribution in [0.3, 0.4) is 0 Å². The van der Waals surface area contributed by atoms with Crippen molar-refractivity contribution in [3.05, 3.63) is 87.2 Å². The molecule has 0 aliphatic carbocycles. The Labute approximate surface area is 152 Å². The van der Waals surface area contributed by atoms with E-state index in [1.165, 1.54) is 34.6 Å². The second kappa shape index (κ2) is 7.55. The number of benzene rings is 2. The third-order valence-electron chi connectivity index (χ3n) is 3.43. The number of hydrogen-bond acceptors (Lipinski definition) is 4. The number of hydrogen-bond donors (Lipinski definition) is 1. The second-order valence-electron chi connectivity index (χ2n) is 5.19. The summed E-state index contributed by atoms with van der Waals surface area (Å²) in [6, 6.07) is 16.7. The van der Waals surface area contributed by atoms with Gasteiger partial charge in [0, 0.05) is 16.8 Å². The maximum absolute atomic E-state index is 12.1. The first kappa shape index (κ1) is 17.3. The van der Waals surface area contributed by atoms with Gasteiger partial charge in [0.25, 0.3) is 5.56 Å². The molecule has 1 aromatic heterocycles. The van der Waals surface area contributed by atoms with Crippen molar-refractivity contribution in [2.75, 3.05) is 0 Å². The largest absolute Gasteiger partial charge is 0.478 e. The summed E-state index contributed by atoms with van der Waals surface area (Å²) in [6.45, 7) is 0. The van der Waals surface area contributed by atoms with Gasteiger partial charge in [0.05, 0.1) is 11.3 Å². The molecule has 1 heterocycles. The SMILES string of the molecule is O=C(O)c1ccc(-n2nc(SCc3ccc(Cl)cc3)ccc2=O)cc1. The fraction of sp³-hybridized carbons (Fsp3) is 0.0556. The molecule has 0 atom stereocenters. The molecule has 7 heteroatoms. The number of aromatic nitrogens is 2. The van der Waals surface area contributed by atoms with Crippen molar-refractivity contribution in [2.45, 2.75) is 10.8 Å². The van der Waals surface area contributed by atoms with Gasteiger partial charge in [-0.05, 0) is 48.0 Å². The molecule has 1 N–H and O–H groups in total. The molecule has 5 nitrogen and oxygen atoms in total. The molecule has 0 unspecified atom stereocenters. The zero-order chi connectivity index (χ0) is 17.8. The Kier molecular flexibility index (Phi) is 5.21. The number of halogens is 1. The first-order valence-electron chi connectivity index (χ1n) is 7.34. The van der Waals surface area contributed by atoms with Crippen LogP contribution < -0.4 is 5.56 Å². The lowest BCUT2D eigenvalue weighted by Crippen LogP contribution is -2.20. The third kappa shape index (κ3) is 4.29. The molecule has 0 spiro atoms. The Morgan fingerprint density at radius 1 is 1.04 bits per heavy atom. The van der Waals surface area contributed by atoms with Gasteiger partial charge >= 0.3 is 5.97 Å². The monoisotopic (exact) mass is 372 g/mol. The molecule has 2 aromatic carbocycles. The average molecular weight is 373 g/mol. The Hall–Kier alpha value is -2.57. The zero-order valence-corrected chi connectivity index (χ0v) is 14.5. The number of carboxylic acid groups (broad SMARTS) is 1. The molecule has 0 fully saturated rings. The first-order valence-corrected chi connectivity index (χ1v) is 8.70. The highest BCUT2D eigenvalue weighted by atomic mass is 35.5. The summed E-state index contributed by atoms with van der Waals surface area (Å²) in [7, 11) is 0. The molecule has 25 heavy (non-hydrogen) atoms. The van der Waals surface area contributed by atoms with Crippen molar-refractivity contribution >= 4 is 29.3 Å². The van der Waals surface area contributed by atoms with E-state index in [0.29, 0.717) is 21.5 Å². The predicted molar refractivity (Wildman–Crippen MR) is 97.8 cm³/mol. The first-order chi connectivity index (χ1) is 12.0. The molecule has 3 rings (SSSR count). The summed E-state index contributed by atoms with van der Waals surface area (Å²) < 4.78 is 1.26. The van der Waals surface area contributed by atoms with Gasteiger partial charge in [0.1, 0.15) is 5.03 Å². The average Bonchev–Trinajstić information content (AvgIpc) is 2.62. The maximum atomic E-state index is 12.1. The lowest BCUT2D eigenvalue weighted by atomic mass is 10.2. The number of nitrogens with zero attached hydrogens (tertiary/aromatic N) is 2. The summed E-state index contributed by atoms with van der Waals surface area (Å²) in [5, 5.41) is 14.7. The molecule has 0 saturated heterocycles. The minimum atomic E-state index is -1.01. The number of carbonyl (C=O) groups is 1. The molecule has 0 bridgehead atoms. The fourth-order valence-electron chi connectivity index (χ4n) is 2.14. The van der Waals surface area contributed by atoms with E-state index in [1.54, 1.807) is 18.2 Å². The summed E-state index contributed by atoms with van der Waals surface area (Å²) in [6.07, 6.45) is 0. The minimum absolute atomic E-state index is 0.157. The van der Waals surface area contributed by atoms with Crippen molar-refractivity contribution in [3.8, 4) is 5.69 Å². The van der Waals surface area contributed by atoms with E-state index >= 15 is 0 Å². The summed E-state index contributed by atoms with van der Waals surface area (Å²) in [4.78, 5) is 23.0. The normalized spacial score (nSPS) is 10.6. The van der Waals surface area contributed by atoms with E-state index in [0.717, 1.165) is 5.56 Å². The molecule has 3 aromatic rings. The topological polar surface area (TPSA) is 72.2 Å². The van der Waals surface area contributed by atoms with Gasteiger partial charge < -0.3 is 5.11 Å².